The second kappa shape index (κ2) is 8.03. The minimum Gasteiger partial charge on any atom is -0.444 e. The van der Waals surface area contributed by atoms with Crippen molar-refractivity contribution in [2.45, 2.75) is 85.2 Å². The van der Waals surface area contributed by atoms with Crippen LogP contribution < -0.4 is 0 Å². The molecule has 2 saturated heterocycles. The van der Waals surface area contributed by atoms with E-state index in [0.29, 0.717) is 11.8 Å². The van der Waals surface area contributed by atoms with E-state index in [1.807, 2.05) is 25.7 Å². The maximum atomic E-state index is 13.3. The van der Waals surface area contributed by atoms with Crippen LogP contribution in [0.5, 0.6) is 0 Å². The molecule has 2 heterocycles. The zero-order chi connectivity index (χ0) is 20.6. The van der Waals surface area contributed by atoms with Gasteiger partial charge in [-0.1, -0.05) is 20.8 Å². The van der Waals surface area contributed by atoms with E-state index in [1.54, 1.807) is 0 Å². The molecule has 0 saturated carbocycles. The highest BCUT2D eigenvalue weighted by molar-refractivity contribution is 6.48. The van der Waals surface area contributed by atoms with Crippen molar-refractivity contribution in [1.29, 1.82) is 0 Å². The van der Waals surface area contributed by atoms with Crippen LogP contribution >= 0.6 is 0 Å². The Morgan fingerprint density at radius 3 is 2.07 bits per heavy atom. The van der Waals surface area contributed by atoms with Crippen LogP contribution in [0.25, 0.3) is 0 Å². The standard InChI is InChI=1S/C21H42N2O3Si/c1-19(2,3)17-14-21(26-27(8)9,16-10-12-22(7)13-11-16)23(15-17)18(24)25-20(4,5)6/h16-17,27H,10-15H2,1-9H3/t17-,21-/m0/s1. The normalized spacial score (nSPS) is 28.8. The summed E-state index contributed by atoms with van der Waals surface area (Å²) in [5, 5.41) is 0. The summed E-state index contributed by atoms with van der Waals surface area (Å²) >= 11 is 0. The van der Waals surface area contributed by atoms with Gasteiger partial charge in [-0.2, -0.15) is 0 Å². The van der Waals surface area contributed by atoms with Crippen molar-refractivity contribution in [3.05, 3.63) is 0 Å². The summed E-state index contributed by atoms with van der Waals surface area (Å²) in [5.74, 6) is 0.792. The summed E-state index contributed by atoms with van der Waals surface area (Å²) in [6.45, 7) is 20.0. The molecule has 158 valence electrons. The molecular formula is C21H42N2O3Si. The molecule has 0 aliphatic carbocycles. The average Bonchev–Trinajstić information content (AvgIpc) is 2.86. The maximum Gasteiger partial charge on any atom is 0.412 e. The van der Waals surface area contributed by atoms with E-state index in [1.165, 1.54) is 0 Å². The molecule has 2 atom stereocenters. The van der Waals surface area contributed by atoms with Gasteiger partial charge in [0, 0.05) is 12.5 Å². The van der Waals surface area contributed by atoms with Crippen LogP contribution in [0.15, 0.2) is 0 Å². The molecule has 0 bridgehead atoms. The second-order valence-corrected chi connectivity index (χ2v) is 13.3. The number of hydrogen-bond donors (Lipinski definition) is 0. The van der Waals surface area contributed by atoms with E-state index in [0.717, 1.165) is 38.9 Å². The molecule has 5 nitrogen and oxygen atoms in total. The van der Waals surface area contributed by atoms with E-state index in [4.69, 9.17) is 9.16 Å². The van der Waals surface area contributed by atoms with E-state index < -0.39 is 20.4 Å². The number of amides is 1. The quantitative estimate of drug-likeness (QED) is 0.664. The maximum absolute atomic E-state index is 13.3. The van der Waals surface area contributed by atoms with Gasteiger partial charge in [-0.15, -0.1) is 0 Å². The predicted octanol–water partition coefficient (Wildman–Crippen LogP) is 4.33. The van der Waals surface area contributed by atoms with Crippen LogP contribution in [0, 0.1) is 17.3 Å². The molecule has 2 rings (SSSR count). The zero-order valence-corrected chi connectivity index (χ0v) is 20.2. The van der Waals surface area contributed by atoms with Gasteiger partial charge in [-0.25, -0.2) is 4.79 Å². The Morgan fingerprint density at radius 1 is 1.07 bits per heavy atom. The number of hydrogen-bond acceptors (Lipinski definition) is 4. The number of carbonyl (C=O) groups excluding carboxylic acids is 1. The summed E-state index contributed by atoms with van der Waals surface area (Å²) in [5.41, 5.74) is -0.859. The first-order valence-electron chi connectivity index (χ1n) is 10.6. The number of nitrogens with zero attached hydrogens (tertiary/aromatic N) is 2. The van der Waals surface area contributed by atoms with Gasteiger partial charge in [-0.3, -0.25) is 4.90 Å². The van der Waals surface area contributed by atoms with Crippen molar-refractivity contribution in [3.63, 3.8) is 0 Å². The van der Waals surface area contributed by atoms with Crippen LogP contribution in [-0.2, 0) is 9.16 Å². The van der Waals surface area contributed by atoms with E-state index >= 15 is 0 Å². The lowest BCUT2D eigenvalue weighted by molar-refractivity contribution is -0.116. The summed E-state index contributed by atoms with van der Waals surface area (Å²) in [7, 11) is 0.825. The van der Waals surface area contributed by atoms with Crippen LogP contribution in [0.1, 0.15) is 60.8 Å². The van der Waals surface area contributed by atoms with Gasteiger partial charge in [0.25, 0.3) is 0 Å². The van der Waals surface area contributed by atoms with E-state index in [-0.39, 0.29) is 11.5 Å². The minimum atomic E-state index is -1.35. The Bertz CT molecular complexity index is 519. The number of likely N-dealkylation sites (tertiary alicyclic amines) is 2. The van der Waals surface area contributed by atoms with Gasteiger partial charge in [0.05, 0.1) is 0 Å². The molecule has 0 aromatic rings. The number of carbonyl (C=O) groups is 1. The summed E-state index contributed by atoms with van der Waals surface area (Å²) in [6, 6.07) is 0. The lowest BCUT2D eigenvalue weighted by Gasteiger charge is -2.48. The highest BCUT2D eigenvalue weighted by atomic mass is 28.3. The van der Waals surface area contributed by atoms with Crippen LogP contribution in [0.4, 0.5) is 4.79 Å². The van der Waals surface area contributed by atoms with Gasteiger partial charge in [0.1, 0.15) is 11.3 Å². The predicted molar refractivity (Wildman–Crippen MR) is 113 cm³/mol. The second-order valence-electron chi connectivity index (χ2n) is 10.9. The fourth-order valence-corrected chi connectivity index (χ4v) is 5.72. The van der Waals surface area contributed by atoms with E-state index in [2.05, 4.69) is 45.8 Å². The molecule has 27 heavy (non-hydrogen) atoms. The zero-order valence-electron chi connectivity index (χ0n) is 19.1. The topological polar surface area (TPSA) is 42.0 Å². The third-order valence-corrected chi connectivity index (χ3v) is 6.91. The molecule has 0 radical (unpaired) electrons. The fourth-order valence-electron chi connectivity index (χ4n) is 4.49. The third kappa shape index (κ3) is 5.48. The van der Waals surface area contributed by atoms with E-state index in [9.17, 15) is 4.79 Å². The molecule has 0 spiro atoms. The van der Waals surface area contributed by atoms with Crippen molar-refractivity contribution in [2.75, 3.05) is 26.7 Å². The molecule has 0 N–H and O–H groups in total. The molecule has 1 amide bonds. The van der Waals surface area contributed by atoms with Gasteiger partial charge >= 0.3 is 6.09 Å². The number of ether oxygens (including phenoxy) is 1. The Labute approximate surface area is 168 Å². The van der Waals surface area contributed by atoms with Crippen LogP contribution in [0.2, 0.25) is 13.1 Å². The molecular weight excluding hydrogens is 356 g/mol. The van der Waals surface area contributed by atoms with Gasteiger partial charge in [-0.05, 0) is 84.6 Å². The molecule has 0 aromatic heterocycles. The summed E-state index contributed by atoms with van der Waals surface area (Å²) in [4.78, 5) is 17.6. The Morgan fingerprint density at radius 2 is 1.63 bits per heavy atom. The first-order valence-corrected chi connectivity index (χ1v) is 13.4. The molecule has 2 fully saturated rings. The van der Waals surface area contributed by atoms with Crippen molar-refractivity contribution in [3.8, 4) is 0 Å². The van der Waals surface area contributed by atoms with Crippen molar-refractivity contribution in [1.82, 2.24) is 9.80 Å². The van der Waals surface area contributed by atoms with Crippen LogP contribution in [-0.4, -0.2) is 62.9 Å². The lowest BCUT2D eigenvalue weighted by atomic mass is 9.76. The van der Waals surface area contributed by atoms with Crippen molar-refractivity contribution < 1.29 is 14.0 Å². The highest BCUT2D eigenvalue weighted by Gasteiger charge is 2.57. The third-order valence-electron chi connectivity index (χ3n) is 6.03. The molecule has 6 heteroatoms. The molecule has 0 unspecified atom stereocenters. The first kappa shape index (κ1) is 22.7. The highest BCUT2D eigenvalue weighted by Crippen LogP contribution is 2.49. The van der Waals surface area contributed by atoms with Crippen molar-refractivity contribution >= 4 is 15.1 Å². The molecule has 2 aliphatic heterocycles. The first-order chi connectivity index (χ1) is 12.2. The smallest absolute Gasteiger partial charge is 0.412 e. The van der Waals surface area contributed by atoms with Gasteiger partial charge in [0.2, 0.25) is 0 Å². The SMILES string of the molecule is CN1CCC([C@@]2(O[SiH](C)C)C[C@H](C(C)(C)C)CN2C(=O)OC(C)(C)C)CC1. The van der Waals surface area contributed by atoms with Crippen LogP contribution in [0.3, 0.4) is 0 Å². The number of piperidine rings is 1. The Kier molecular flexibility index (Phi) is 6.75. The lowest BCUT2D eigenvalue weighted by Crippen LogP contribution is -2.58. The largest absolute Gasteiger partial charge is 0.444 e. The monoisotopic (exact) mass is 398 g/mol. The van der Waals surface area contributed by atoms with Gasteiger partial charge < -0.3 is 14.1 Å². The summed E-state index contributed by atoms with van der Waals surface area (Å²) in [6.07, 6.45) is 2.87. The minimum absolute atomic E-state index is 0.134. The number of rotatable bonds is 3. The Hall–Kier alpha value is -0.593. The summed E-state index contributed by atoms with van der Waals surface area (Å²) < 4.78 is 12.6. The molecule has 0 aromatic carbocycles. The van der Waals surface area contributed by atoms with Crippen molar-refractivity contribution in [2.24, 2.45) is 17.3 Å². The van der Waals surface area contributed by atoms with Gasteiger partial charge in [0.15, 0.2) is 9.04 Å². The molecule has 2 aliphatic rings. The Balaban J connectivity index is 2.41. The average molecular weight is 399 g/mol. The fraction of sp³-hybridized carbons (Fsp3) is 0.952.